The molecular weight excluding hydrogens is 197 g/mol. The molecule has 1 unspecified atom stereocenters. The summed E-state index contributed by atoms with van der Waals surface area (Å²) in [6.07, 6.45) is 0.916. The van der Waals surface area contributed by atoms with E-state index in [1.54, 1.807) is 0 Å². The Morgan fingerprint density at radius 3 is 2.87 bits per heavy atom. The molecule has 82 valence electrons. The Balaban J connectivity index is 2.16. The van der Waals surface area contributed by atoms with Crippen LogP contribution in [0, 0.1) is 5.82 Å². The summed E-state index contributed by atoms with van der Waals surface area (Å²) in [7, 11) is 0. The fourth-order valence-electron chi connectivity index (χ4n) is 1.92. The predicted molar refractivity (Wildman–Crippen MR) is 54.2 cm³/mol. The molecule has 1 aliphatic heterocycles. The maximum Gasteiger partial charge on any atom is 0.130 e. The Labute approximate surface area is 87.6 Å². The van der Waals surface area contributed by atoms with Gasteiger partial charge in [0.1, 0.15) is 11.6 Å². The highest BCUT2D eigenvalue weighted by Gasteiger charge is 2.31. The standard InChI is InChI=1S/C11H14FNO2/c12-10-5-9(14)2-1-8(10)6-11(15)3-4-13-7-11/h1-2,5,13-15H,3-4,6-7H2. The number of nitrogens with one attached hydrogen (secondary N) is 1. The lowest BCUT2D eigenvalue weighted by Crippen LogP contribution is -2.34. The third kappa shape index (κ3) is 2.27. The van der Waals surface area contributed by atoms with E-state index in [1.807, 2.05) is 0 Å². The molecule has 15 heavy (non-hydrogen) atoms. The molecule has 4 heteroatoms. The molecule has 0 aliphatic carbocycles. The van der Waals surface area contributed by atoms with Gasteiger partial charge in [0.15, 0.2) is 0 Å². The summed E-state index contributed by atoms with van der Waals surface area (Å²) in [5.41, 5.74) is -0.406. The number of β-amino-alcohol motifs (C(OH)–C–C–N with tert-alkyl or cyclic N) is 1. The minimum absolute atomic E-state index is 0.0900. The van der Waals surface area contributed by atoms with Crippen LogP contribution in [0.4, 0.5) is 4.39 Å². The summed E-state index contributed by atoms with van der Waals surface area (Å²) >= 11 is 0. The van der Waals surface area contributed by atoms with Gasteiger partial charge in [-0.25, -0.2) is 4.39 Å². The summed E-state index contributed by atoms with van der Waals surface area (Å²) in [6, 6.07) is 4.02. The van der Waals surface area contributed by atoms with Crippen molar-refractivity contribution < 1.29 is 14.6 Å². The average molecular weight is 211 g/mol. The fraction of sp³-hybridized carbons (Fsp3) is 0.455. The van der Waals surface area contributed by atoms with Gasteiger partial charge in [-0.05, 0) is 24.6 Å². The third-order valence-electron chi connectivity index (χ3n) is 2.78. The monoisotopic (exact) mass is 211 g/mol. The average Bonchev–Trinajstić information content (AvgIpc) is 2.58. The van der Waals surface area contributed by atoms with E-state index in [2.05, 4.69) is 5.32 Å². The van der Waals surface area contributed by atoms with E-state index in [9.17, 15) is 9.50 Å². The quantitative estimate of drug-likeness (QED) is 0.678. The normalized spacial score (nSPS) is 25.7. The molecule has 3 N–H and O–H groups in total. The second-order valence-electron chi connectivity index (χ2n) is 4.10. The number of halogens is 1. The zero-order valence-electron chi connectivity index (χ0n) is 8.33. The van der Waals surface area contributed by atoms with Gasteiger partial charge in [-0.2, -0.15) is 0 Å². The van der Waals surface area contributed by atoms with Crippen LogP contribution in [-0.4, -0.2) is 28.9 Å². The summed E-state index contributed by atoms with van der Waals surface area (Å²) in [4.78, 5) is 0. The fourth-order valence-corrected chi connectivity index (χ4v) is 1.92. The minimum Gasteiger partial charge on any atom is -0.508 e. The lowest BCUT2D eigenvalue weighted by Gasteiger charge is -2.21. The molecule has 1 aromatic rings. The van der Waals surface area contributed by atoms with Gasteiger partial charge in [-0.15, -0.1) is 0 Å². The zero-order chi connectivity index (χ0) is 10.9. The van der Waals surface area contributed by atoms with E-state index in [0.717, 1.165) is 12.6 Å². The molecule has 2 rings (SSSR count). The molecule has 1 fully saturated rings. The van der Waals surface area contributed by atoms with Gasteiger partial charge >= 0.3 is 0 Å². The second-order valence-corrected chi connectivity index (χ2v) is 4.10. The Hall–Kier alpha value is -1.13. The van der Waals surface area contributed by atoms with Crippen molar-refractivity contribution in [3.8, 4) is 5.75 Å². The van der Waals surface area contributed by atoms with Crippen LogP contribution in [0.1, 0.15) is 12.0 Å². The van der Waals surface area contributed by atoms with E-state index >= 15 is 0 Å². The highest BCUT2D eigenvalue weighted by atomic mass is 19.1. The number of hydrogen-bond donors (Lipinski definition) is 3. The molecule has 1 saturated heterocycles. The largest absolute Gasteiger partial charge is 0.508 e. The van der Waals surface area contributed by atoms with Crippen LogP contribution >= 0.6 is 0 Å². The van der Waals surface area contributed by atoms with Crippen LogP contribution in [0.2, 0.25) is 0 Å². The van der Waals surface area contributed by atoms with Gasteiger partial charge in [0.05, 0.1) is 5.60 Å². The number of phenols is 1. The van der Waals surface area contributed by atoms with Crippen molar-refractivity contribution in [2.75, 3.05) is 13.1 Å². The van der Waals surface area contributed by atoms with Gasteiger partial charge in [-0.1, -0.05) is 6.07 Å². The van der Waals surface area contributed by atoms with E-state index in [4.69, 9.17) is 5.11 Å². The van der Waals surface area contributed by atoms with E-state index in [-0.39, 0.29) is 12.2 Å². The first-order valence-corrected chi connectivity index (χ1v) is 5.00. The Kier molecular flexibility index (Phi) is 2.63. The molecule has 0 saturated carbocycles. The van der Waals surface area contributed by atoms with Crippen molar-refractivity contribution in [1.82, 2.24) is 5.32 Å². The summed E-state index contributed by atoms with van der Waals surface area (Å²) < 4.78 is 13.4. The van der Waals surface area contributed by atoms with Crippen molar-refractivity contribution in [3.63, 3.8) is 0 Å². The number of aliphatic hydroxyl groups is 1. The molecule has 0 bridgehead atoms. The number of phenolic OH excluding ortho intramolecular Hbond substituents is 1. The Bertz CT molecular complexity index is 362. The van der Waals surface area contributed by atoms with Crippen LogP contribution < -0.4 is 5.32 Å². The first-order valence-electron chi connectivity index (χ1n) is 5.00. The molecule has 3 nitrogen and oxygen atoms in total. The van der Waals surface area contributed by atoms with E-state index in [1.165, 1.54) is 12.1 Å². The van der Waals surface area contributed by atoms with Crippen molar-refractivity contribution in [2.24, 2.45) is 0 Å². The first-order chi connectivity index (χ1) is 7.09. The molecule has 1 atom stereocenters. The zero-order valence-corrected chi connectivity index (χ0v) is 8.33. The van der Waals surface area contributed by atoms with Crippen LogP contribution in [0.3, 0.4) is 0 Å². The third-order valence-corrected chi connectivity index (χ3v) is 2.78. The van der Waals surface area contributed by atoms with Gasteiger partial charge in [-0.3, -0.25) is 0 Å². The van der Waals surface area contributed by atoms with Crippen LogP contribution in [-0.2, 0) is 6.42 Å². The lowest BCUT2D eigenvalue weighted by molar-refractivity contribution is 0.0609. The number of hydrogen-bond acceptors (Lipinski definition) is 3. The smallest absolute Gasteiger partial charge is 0.130 e. The topological polar surface area (TPSA) is 52.5 Å². The van der Waals surface area contributed by atoms with Gasteiger partial charge in [0.25, 0.3) is 0 Å². The van der Waals surface area contributed by atoms with Crippen molar-refractivity contribution in [3.05, 3.63) is 29.6 Å². The SMILES string of the molecule is Oc1ccc(CC2(O)CCNC2)c(F)c1. The van der Waals surface area contributed by atoms with Crippen molar-refractivity contribution >= 4 is 0 Å². The van der Waals surface area contributed by atoms with Crippen molar-refractivity contribution in [1.29, 1.82) is 0 Å². The first kappa shape index (κ1) is 10.4. The number of aromatic hydroxyl groups is 1. The van der Waals surface area contributed by atoms with Gasteiger partial charge in [0, 0.05) is 19.0 Å². The Morgan fingerprint density at radius 1 is 1.47 bits per heavy atom. The minimum atomic E-state index is -0.849. The van der Waals surface area contributed by atoms with E-state index in [0.29, 0.717) is 18.5 Å². The maximum absolute atomic E-state index is 13.4. The molecule has 0 amide bonds. The molecule has 0 spiro atoms. The summed E-state index contributed by atoms with van der Waals surface area (Å²) in [5, 5.41) is 22.1. The molecular formula is C11H14FNO2. The van der Waals surface area contributed by atoms with Crippen LogP contribution in [0.5, 0.6) is 5.75 Å². The molecule has 1 aliphatic rings. The van der Waals surface area contributed by atoms with Gasteiger partial charge < -0.3 is 15.5 Å². The highest BCUT2D eigenvalue weighted by Crippen LogP contribution is 2.23. The summed E-state index contributed by atoms with van der Waals surface area (Å²) in [5.74, 6) is -0.553. The molecule has 1 heterocycles. The Morgan fingerprint density at radius 2 is 2.27 bits per heavy atom. The van der Waals surface area contributed by atoms with Crippen LogP contribution in [0.15, 0.2) is 18.2 Å². The maximum atomic E-state index is 13.4. The molecule has 0 radical (unpaired) electrons. The predicted octanol–water partition coefficient (Wildman–Crippen LogP) is 0.798. The molecule has 0 aromatic heterocycles. The molecule has 1 aromatic carbocycles. The number of rotatable bonds is 2. The lowest BCUT2D eigenvalue weighted by atomic mass is 9.93. The highest BCUT2D eigenvalue weighted by molar-refractivity contribution is 5.29. The second kappa shape index (κ2) is 3.79. The van der Waals surface area contributed by atoms with Crippen molar-refractivity contribution in [2.45, 2.75) is 18.4 Å². The van der Waals surface area contributed by atoms with Gasteiger partial charge in [0.2, 0.25) is 0 Å². The van der Waals surface area contributed by atoms with Crippen LogP contribution in [0.25, 0.3) is 0 Å². The number of benzene rings is 1. The summed E-state index contributed by atoms with van der Waals surface area (Å²) in [6.45, 7) is 1.25. The van der Waals surface area contributed by atoms with E-state index < -0.39 is 11.4 Å².